The Bertz CT molecular complexity index is 329. The summed E-state index contributed by atoms with van der Waals surface area (Å²) in [6, 6.07) is 5.39. The van der Waals surface area contributed by atoms with E-state index in [1.165, 1.54) is 0 Å². The molecule has 0 N–H and O–H groups in total. The molecule has 2 atom stereocenters. The highest BCUT2D eigenvalue weighted by Gasteiger charge is 2.35. The molecule has 69 valence electrons. The Labute approximate surface area is 90.2 Å². The van der Waals surface area contributed by atoms with Crippen molar-refractivity contribution in [3.8, 4) is 0 Å². The van der Waals surface area contributed by atoms with Crippen LogP contribution in [0.1, 0.15) is 10.8 Å². The molecule has 1 aromatic rings. The van der Waals surface area contributed by atoms with E-state index in [4.69, 9.17) is 23.2 Å². The molecule has 0 aromatic heterocycles. The maximum absolute atomic E-state index is 11.2. The maximum atomic E-state index is 11.2. The van der Waals surface area contributed by atoms with Crippen LogP contribution in [0, 0.1) is 6.42 Å². The summed E-state index contributed by atoms with van der Waals surface area (Å²) in [6.45, 7) is 0. The lowest BCUT2D eigenvalue weighted by molar-refractivity contribution is 0.576. The lowest BCUT2D eigenvalue weighted by atomic mass is 10.1. The van der Waals surface area contributed by atoms with E-state index < -0.39 is 11.2 Å². The topological polar surface area (TPSA) is 23.1 Å². The summed E-state index contributed by atoms with van der Waals surface area (Å²) in [5.74, 6) is 0.685. The second-order valence-electron chi connectivity index (χ2n) is 2.88. The molecule has 0 bridgehead atoms. The van der Waals surface area contributed by atoms with Gasteiger partial charge >= 0.3 is 0 Å². The molecule has 2 unspecified atom stereocenters. The molecule has 1 fully saturated rings. The van der Waals surface area contributed by atoms with Gasteiger partial charge in [-0.1, -0.05) is 29.3 Å². The van der Waals surface area contributed by atoms with Crippen LogP contribution >= 0.6 is 23.2 Å². The standard InChI is InChI=1S/C9H7Cl2OS/c10-7-2-1-6(5-8(7)11)9-3-4-13(9)12/h1-3,5,9H,4H2. The van der Waals surface area contributed by atoms with Gasteiger partial charge < -0.3 is 4.55 Å². The Balaban J connectivity index is 2.26. The second-order valence-corrected chi connectivity index (χ2v) is 5.29. The first-order valence-corrected chi connectivity index (χ1v) is 5.98. The van der Waals surface area contributed by atoms with Crippen molar-refractivity contribution in [2.45, 2.75) is 5.25 Å². The third-order valence-corrected chi connectivity index (χ3v) is 4.32. The van der Waals surface area contributed by atoms with Gasteiger partial charge in [0.25, 0.3) is 0 Å². The summed E-state index contributed by atoms with van der Waals surface area (Å²) < 4.78 is 11.2. The van der Waals surface area contributed by atoms with Gasteiger partial charge in [-0.25, -0.2) is 0 Å². The molecule has 2 rings (SSSR count). The monoisotopic (exact) mass is 233 g/mol. The van der Waals surface area contributed by atoms with Crippen LogP contribution in [0.25, 0.3) is 0 Å². The fourth-order valence-electron chi connectivity index (χ4n) is 1.25. The molecular formula is C9H7Cl2OS. The zero-order chi connectivity index (χ0) is 9.42. The highest BCUT2D eigenvalue weighted by molar-refractivity contribution is 7.93. The number of hydrogen-bond acceptors (Lipinski definition) is 1. The van der Waals surface area contributed by atoms with Crippen molar-refractivity contribution in [2.24, 2.45) is 0 Å². The number of halogens is 2. The van der Waals surface area contributed by atoms with Crippen LogP contribution in [0.15, 0.2) is 18.2 Å². The summed E-state index contributed by atoms with van der Waals surface area (Å²) in [6.07, 6.45) is 2.02. The summed E-state index contributed by atoms with van der Waals surface area (Å²) in [7, 11) is 0. The van der Waals surface area contributed by atoms with Crippen molar-refractivity contribution in [1.82, 2.24) is 0 Å². The van der Waals surface area contributed by atoms with Gasteiger partial charge in [0.2, 0.25) is 0 Å². The molecule has 0 saturated carbocycles. The van der Waals surface area contributed by atoms with Gasteiger partial charge in [0.1, 0.15) is 11.0 Å². The van der Waals surface area contributed by atoms with Gasteiger partial charge in [-0.3, -0.25) is 0 Å². The molecule has 0 aliphatic carbocycles. The van der Waals surface area contributed by atoms with E-state index in [-0.39, 0.29) is 5.25 Å². The quantitative estimate of drug-likeness (QED) is 0.685. The van der Waals surface area contributed by atoms with E-state index in [0.717, 1.165) is 5.56 Å². The molecule has 0 spiro atoms. The number of hydrogen-bond donors (Lipinski definition) is 0. The van der Waals surface area contributed by atoms with Crippen molar-refractivity contribution in [3.63, 3.8) is 0 Å². The average Bonchev–Trinajstić information content (AvgIpc) is 2.09. The van der Waals surface area contributed by atoms with Gasteiger partial charge in [-0.15, -0.1) is 0 Å². The molecule has 1 saturated heterocycles. The minimum atomic E-state index is -0.753. The lowest BCUT2D eigenvalue weighted by Crippen LogP contribution is -2.29. The maximum Gasteiger partial charge on any atom is 0.148 e. The van der Waals surface area contributed by atoms with Crippen LogP contribution in [0.2, 0.25) is 10.0 Å². The SMILES string of the molecule is [O-][S+]1C[CH]C1c1ccc(Cl)c(Cl)c1. The van der Waals surface area contributed by atoms with E-state index in [9.17, 15) is 4.55 Å². The Morgan fingerprint density at radius 2 is 2.08 bits per heavy atom. The molecule has 1 heterocycles. The molecule has 1 nitrogen and oxygen atoms in total. The highest BCUT2D eigenvalue weighted by atomic mass is 35.5. The minimum absolute atomic E-state index is 0.0507. The second kappa shape index (κ2) is 3.70. The molecule has 1 radical (unpaired) electrons. The van der Waals surface area contributed by atoms with Crippen LogP contribution < -0.4 is 0 Å². The first kappa shape index (κ1) is 9.66. The van der Waals surface area contributed by atoms with Crippen LogP contribution in [-0.2, 0) is 11.2 Å². The zero-order valence-electron chi connectivity index (χ0n) is 6.67. The fraction of sp³-hybridized carbons (Fsp3) is 0.222. The normalized spacial score (nSPS) is 27.0. The van der Waals surface area contributed by atoms with E-state index in [2.05, 4.69) is 0 Å². The first-order chi connectivity index (χ1) is 6.18. The molecule has 1 aromatic carbocycles. The van der Waals surface area contributed by atoms with E-state index in [1.807, 2.05) is 12.5 Å². The number of benzene rings is 1. The third-order valence-electron chi connectivity index (χ3n) is 2.03. The van der Waals surface area contributed by atoms with Crippen LogP contribution in [0.5, 0.6) is 0 Å². The van der Waals surface area contributed by atoms with E-state index in [0.29, 0.717) is 15.8 Å². The smallest absolute Gasteiger partial charge is 0.148 e. The lowest BCUT2D eigenvalue weighted by Gasteiger charge is -2.29. The van der Waals surface area contributed by atoms with Crippen molar-refractivity contribution in [1.29, 1.82) is 0 Å². The molecule has 0 amide bonds. The summed E-state index contributed by atoms with van der Waals surface area (Å²) in [5.41, 5.74) is 0.985. The minimum Gasteiger partial charge on any atom is -0.616 e. The largest absolute Gasteiger partial charge is 0.616 e. The summed E-state index contributed by atoms with van der Waals surface area (Å²) in [5, 5.41) is 1.11. The van der Waals surface area contributed by atoms with Gasteiger partial charge in [0, 0.05) is 5.56 Å². The predicted octanol–water partition coefficient (Wildman–Crippen LogP) is 3.00. The third kappa shape index (κ3) is 1.82. The molecule has 1 aliphatic heterocycles. The van der Waals surface area contributed by atoms with E-state index in [1.54, 1.807) is 12.1 Å². The Morgan fingerprint density at radius 3 is 2.54 bits per heavy atom. The first-order valence-electron chi connectivity index (χ1n) is 3.84. The molecule has 4 heteroatoms. The molecular weight excluding hydrogens is 227 g/mol. The Hall–Kier alpha value is 0.110. The molecule has 13 heavy (non-hydrogen) atoms. The Kier molecular flexibility index (Phi) is 2.75. The summed E-state index contributed by atoms with van der Waals surface area (Å²) >= 11 is 10.9. The number of rotatable bonds is 1. The summed E-state index contributed by atoms with van der Waals surface area (Å²) in [4.78, 5) is 0. The zero-order valence-corrected chi connectivity index (χ0v) is 8.99. The van der Waals surface area contributed by atoms with Gasteiger partial charge in [-0.2, -0.15) is 0 Å². The fourth-order valence-corrected chi connectivity index (χ4v) is 2.55. The molecule has 1 aliphatic rings. The van der Waals surface area contributed by atoms with Crippen molar-refractivity contribution < 1.29 is 4.55 Å². The highest BCUT2D eigenvalue weighted by Crippen LogP contribution is 2.37. The predicted molar refractivity (Wildman–Crippen MR) is 56.5 cm³/mol. The van der Waals surface area contributed by atoms with Gasteiger partial charge in [0.15, 0.2) is 0 Å². The average molecular weight is 234 g/mol. The van der Waals surface area contributed by atoms with E-state index >= 15 is 0 Å². The van der Waals surface area contributed by atoms with Crippen LogP contribution in [0.4, 0.5) is 0 Å². The van der Waals surface area contributed by atoms with Gasteiger partial charge in [-0.05, 0) is 23.3 Å². The van der Waals surface area contributed by atoms with Gasteiger partial charge in [0.05, 0.1) is 16.5 Å². The van der Waals surface area contributed by atoms with Crippen LogP contribution in [-0.4, -0.2) is 10.3 Å². The van der Waals surface area contributed by atoms with Crippen LogP contribution in [0.3, 0.4) is 0 Å². The van der Waals surface area contributed by atoms with Crippen molar-refractivity contribution in [3.05, 3.63) is 40.2 Å². The Morgan fingerprint density at radius 1 is 1.31 bits per heavy atom. The van der Waals surface area contributed by atoms with Crippen molar-refractivity contribution >= 4 is 34.4 Å². The van der Waals surface area contributed by atoms with Crippen molar-refractivity contribution in [2.75, 3.05) is 5.75 Å².